The lowest BCUT2D eigenvalue weighted by Gasteiger charge is -2.28. The lowest BCUT2D eigenvalue weighted by Crippen LogP contribution is -2.47. The summed E-state index contributed by atoms with van der Waals surface area (Å²) in [4.78, 5) is 26.4. The van der Waals surface area contributed by atoms with Gasteiger partial charge in [0.1, 0.15) is 6.61 Å². The molecule has 0 saturated carbocycles. The lowest BCUT2D eigenvalue weighted by atomic mass is 10.2. The Hall–Kier alpha value is -3.42. The maximum Gasteiger partial charge on any atom is 0.267 e. The minimum Gasteiger partial charge on any atom is -0.490 e. The molecule has 8 heteroatoms. The molecule has 0 aliphatic carbocycles. The van der Waals surface area contributed by atoms with Crippen molar-refractivity contribution in [1.82, 2.24) is 4.90 Å². The van der Waals surface area contributed by atoms with Crippen LogP contribution in [0.3, 0.4) is 0 Å². The zero-order chi connectivity index (χ0) is 21.5. The number of carbonyl (C=O) groups is 2. The fourth-order valence-electron chi connectivity index (χ4n) is 3.01. The summed E-state index contributed by atoms with van der Waals surface area (Å²) >= 11 is 0. The fourth-order valence-corrected chi connectivity index (χ4v) is 3.01. The number of amides is 2. The summed E-state index contributed by atoms with van der Waals surface area (Å²) in [5.41, 5.74) is 0.555. The van der Waals surface area contributed by atoms with Crippen LogP contribution in [0, 0.1) is 0 Å². The predicted molar refractivity (Wildman–Crippen MR) is 111 cm³/mol. The number of nitrogens with zero attached hydrogens (tertiary/aromatic N) is 1. The first-order valence-corrected chi connectivity index (χ1v) is 9.84. The molecule has 3 rings (SSSR count). The normalized spacial score (nSPS) is 14.6. The van der Waals surface area contributed by atoms with Gasteiger partial charge in [0.05, 0.1) is 19.8 Å². The Kier molecular flexibility index (Phi) is 7.00. The molecule has 160 valence electrons. The van der Waals surface area contributed by atoms with Crippen LogP contribution in [0.15, 0.2) is 42.5 Å². The molecule has 1 N–H and O–H groups in total. The highest BCUT2D eigenvalue weighted by Crippen LogP contribution is 2.32. The maximum atomic E-state index is 12.7. The summed E-state index contributed by atoms with van der Waals surface area (Å²) in [6.07, 6.45) is -0.798. The van der Waals surface area contributed by atoms with Crippen molar-refractivity contribution in [3.05, 3.63) is 42.5 Å². The van der Waals surface area contributed by atoms with Crippen molar-refractivity contribution in [2.24, 2.45) is 0 Å². The van der Waals surface area contributed by atoms with Crippen molar-refractivity contribution >= 4 is 17.5 Å². The second-order valence-corrected chi connectivity index (χ2v) is 6.63. The highest BCUT2D eigenvalue weighted by Gasteiger charge is 2.30. The first-order chi connectivity index (χ1) is 14.5. The summed E-state index contributed by atoms with van der Waals surface area (Å²) < 4.78 is 22.4. The summed E-state index contributed by atoms with van der Waals surface area (Å²) in [6, 6.07) is 12.3. The number of rotatable bonds is 8. The quantitative estimate of drug-likeness (QED) is 0.715. The van der Waals surface area contributed by atoms with E-state index in [-0.39, 0.29) is 25.0 Å². The number of anilines is 1. The SMILES string of the molecule is CCOc1ccc(NC(=O)CN(C)C(=O)C2COc3ccccc3O2)cc1OCC. The zero-order valence-electron chi connectivity index (χ0n) is 17.3. The lowest BCUT2D eigenvalue weighted by molar-refractivity contribution is -0.141. The third-order valence-corrected chi connectivity index (χ3v) is 4.37. The average Bonchev–Trinajstić information content (AvgIpc) is 2.75. The number of benzene rings is 2. The molecule has 0 radical (unpaired) electrons. The second kappa shape index (κ2) is 9.87. The highest BCUT2D eigenvalue weighted by atomic mass is 16.6. The second-order valence-electron chi connectivity index (χ2n) is 6.63. The molecule has 0 aromatic heterocycles. The van der Waals surface area contributed by atoms with Crippen molar-refractivity contribution in [2.45, 2.75) is 20.0 Å². The van der Waals surface area contributed by atoms with Crippen LogP contribution in [-0.2, 0) is 9.59 Å². The van der Waals surface area contributed by atoms with Gasteiger partial charge in [-0.15, -0.1) is 0 Å². The molecule has 2 amide bonds. The van der Waals surface area contributed by atoms with Gasteiger partial charge in [-0.1, -0.05) is 12.1 Å². The summed E-state index contributed by atoms with van der Waals surface area (Å²) in [6.45, 7) is 4.71. The zero-order valence-corrected chi connectivity index (χ0v) is 17.3. The molecule has 1 aliphatic rings. The van der Waals surface area contributed by atoms with Gasteiger partial charge in [-0.3, -0.25) is 9.59 Å². The van der Waals surface area contributed by atoms with Crippen LogP contribution < -0.4 is 24.3 Å². The van der Waals surface area contributed by atoms with Crippen molar-refractivity contribution in [1.29, 1.82) is 0 Å². The van der Waals surface area contributed by atoms with E-state index in [0.29, 0.717) is 41.9 Å². The highest BCUT2D eigenvalue weighted by molar-refractivity contribution is 5.95. The van der Waals surface area contributed by atoms with Gasteiger partial charge >= 0.3 is 0 Å². The van der Waals surface area contributed by atoms with Crippen LogP contribution in [-0.4, -0.2) is 56.2 Å². The molecule has 30 heavy (non-hydrogen) atoms. The largest absolute Gasteiger partial charge is 0.490 e. The third kappa shape index (κ3) is 5.14. The monoisotopic (exact) mass is 414 g/mol. The number of likely N-dealkylation sites (N-methyl/N-ethyl adjacent to an activating group) is 1. The van der Waals surface area contributed by atoms with Crippen LogP contribution >= 0.6 is 0 Å². The van der Waals surface area contributed by atoms with Crippen molar-refractivity contribution in [3.63, 3.8) is 0 Å². The van der Waals surface area contributed by atoms with Crippen LogP contribution in [0.25, 0.3) is 0 Å². The molecule has 1 atom stereocenters. The Morgan fingerprint density at radius 3 is 2.50 bits per heavy atom. The van der Waals surface area contributed by atoms with Crippen LogP contribution in [0.2, 0.25) is 0 Å². The molecule has 0 bridgehead atoms. The van der Waals surface area contributed by atoms with Crippen LogP contribution in [0.1, 0.15) is 13.8 Å². The topological polar surface area (TPSA) is 86.3 Å². The van der Waals surface area contributed by atoms with Gasteiger partial charge < -0.3 is 29.2 Å². The van der Waals surface area contributed by atoms with Crippen molar-refractivity contribution in [2.75, 3.05) is 38.7 Å². The van der Waals surface area contributed by atoms with Crippen molar-refractivity contribution < 1.29 is 28.5 Å². The minimum absolute atomic E-state index is 0.0956. The molecule has 2 aromatic rings. The summed E-state index contributed by atoms with van der Waals surface area (Å²) in [5, 5.41) is 2.77. The number of fused-ring (bicyclic) bond motifs is 1. The molecular weight excluding hydrogens is 388 g/mol. The summed E-state index contributed by atoms with van der Waals surface area (Å²) in [7, 11) is 1.55. The van der Waals surface area contributed by atoms with E-state index in [4.69, 9.17) is 18.9 Å². The van der Waals surface area contributed by atoms with E-state index in [1.807, 2.05) is 19.9 Å². The van der Waals surface area contributed by atoms with E-state index in [1.54, 1.807) is 43.4 Å². The molecule has 0 spiro atoms. The van der Waals surface area contributed by atoms with E-state index in [0.717, 1.165) is 0 Å². The van der Waals surface area contributed by atoms with Gasteiger partial charge in [0.25, 0.3) is 5.91 Å². The number of hydrogen-bond donors (Lipinski definition) is 1. The van der Waals surface area contributed by atoms with E-state index in [2.05, 4.69) is 5.32 Å². The van der Waals surface area contributed by atoms with E-state index in [9.17, 15) is 9.59 Å². The number of carbonyl (C=O) groups excluding carboxylic acids is 2. The Bertz CT molecular complexity index is 901. The van der Waals surface area contributed by atoms with Gasteiger partial charge in [0, 0.05) is 18.8 Å². The van der Waals surface area contributed by atoms with Gasteiger partial charge in [0.15, 0.2) is 23.0 Å². The third-order valence-electron chi connectivity index (χ3n) is 4.37. The molecule has 1 aliphatic heterocycles. The Balaban J connectivity index is 1.58. The van der Waals surface area contributed by atoms with Crippen LogP contribution in [0.5, 0.6) is 23.0 Å². The van der Waals surface area contributed by atoms with Gasteiger partial charge in [-0.25, -0.2) is 0 Å². The number of hydrogen-bond acceptors (Lipinski definition) is 6. The number of nitrogens with one attached hydrogen (secondary N) is 1. The summed E-state index contributed by atoms with van der Waals surface area (Å²) in [5.74, 6) is 1.60. The molecule has 1 unspecified atom stereocenters. The van der Waals surface area contributed by atoms with E-state index >= 15 is 0 Å². The molecule has 2 aromatic carbocycles. The van der Waals surface area contributed by atoms with Gasteiger partial charge in [0.2, 0.25) is 12.0 Å². The van der Waals surface area contributed by atoms with Gasteiger partial charge in [-0.05, 0) is 38.1 Å². The standard InChI is InChI=1S/C22H26N2O6/c1-4-27-17-11-10-15(12-19(17)28-5-2)23-21(25)13-24(3)22(26)20-14-29-16-8-6-7-9-18(16)30-20/h6-12,20H,4-5,13-14H2,1-3H3,(H,23,25). The van der Waals surface area contributed by atoms with Crippen LogP contribution in [0.4, 0.5) is 5.69 Å². The molecule has 1 heterocycles. The molecule has 0 saturated heterocycles. The van der Waals surface area contributed by atoms with Crippen molar-refractivity contribution in [3.8, 4) is 23.0 Å². The van der Waals surface area contributed by atoms with E-state index < -0.39 is 6.10 Å². The Morgan fingerprint density at radius 2 is 1.77 bits per heavy atom. The maximum absolute atomic E-state index is 12.7. The Morgan fingerprint density at radius 1 is 1.07 bits per heavy atom. The Labute approximate surface area is 175 Å². The molecule has 0 fully saturated rings. The van der Waals surface area contributed by atoms with Gasteiger partial charge in [-0.2, -0.15) is 0 Å². The first-order valence-electron chi connectivity index (χ1n) is 9.84. The average molecular weight is 414 g/mol. The minimum atomic E-state index is -0.798. The van der Waals surface area contributed by atoms with E-state index in [1.165, 1.54) is 4.90 Å². The number of para-hydroxylation sites is 2. The fraction of sp³-hybridized carbons (Fsp3) is 0.364. The molecular formula is C22H26N2O6. The molecule has 8 nitrogen and oxygen atoms in total. The number of ether oxygens (including phenoxy) is 4. The predicted octanol–water partition coefficient (Wildman–Crippen LogP) is 2.72. The first kappa shape index (κ1) is 21.3. The smallest absolute Gasteiger partial charge is 0.267 e.